The Morgan fingerprint density at radius 2 is 1.72 bits per heavy atom. The van der Waals surface area contributed by atoms with Crippen molar-refractivity contribution in [3.8, 4) is 0 Å². The molecule has 1 heterocycles. The van der Waals surface area contributed by atoms with Gasteiger partial charge in [-0.1, -0.05) is 30.3 Å². The van der Waals surface area contributed by atoms with Crippen molar-refractivity contribution in [1.29, 1.82) is 0 Å². The van der Waals surface area contributed by atoms with E-state index in [1.165, 1.54) is 19.3 Å². The minimum Gasteiger partial charge on any atom is -0.445 e. The van der Waals surface area contributed by atoms with E-state index in [9.17, 15) is 9.59 Å². The van der Waals surface area contributed by atoms with E-state index in [4.69, 9.17) is 9.47 Å². The third-order valence-electron chi connectivity index (χ3n) is 7.25. The lowest BCUT2D eigenvalue weighted by Crippen LogP contribution is -2.63. The molecule has 1 saturated heterocycles. The van der Waals surface area contributed by atoms with E-state index in [-0.39, 0.29) is 30.7 Å². The fourth-order valence-electron chi connectivity index (χ4n) is 6.39. The van der Waals surface area contributed by atoms with Gasteiger partial charge in [0.2, 0.25) is 0 Å². The Bertz CT molecular complexity index is 730. The Hall–Kier alpha value is -2.08. The maximum Gasteiger partial charge on any atom is 0.410 e. The normalized spacial score (nSPS) is 35.4. The molecule has 4 saturated carbocycles. The molecule has 1 unspecified atom stereocenters. The second-order valence-electron chi connectivity index (χ2n) is 9.53. The average molecular weight is 399 g/mol. The van der Waals surface area contributed by atoms with E-state index in [0.717, 1.165) is 42.6 Å². The van der Waals surface area contributed by atoms with Crippen LogP contribution in [0.1, 0.15) is 44.1 Å². The summed E-state index contributed by atoms with van der Waals surface area (Å²) in [4.78, 5) is 27.1. The van der Waals surface area contributed by atoms with Gasteiger partial charge in [-0.15, -0.1) is 0 Å². The second kappa shape index (κ2) is 7.63. The number of amides is 2. The predicted octanol–water partition coefficient (Wildman–Crippen LogP) is 3.11. The monoisotopic (exact) mass is 398 g/mol. The average Bonchev–Trinajstić information content (AvgIpc) is 2.71. The zero-order chi connectivity index (χ0) is 19.8. The highest BCUT2D eigenvalue weighted by atomic mass is 16.6. The Morgan fingerprint density at radius 3 is 2.38 bits per heavy atom. The lowest BCUT2D eigenvalue weighted by atomic mass is 9.53. The molecule has 1 aromatic carbocycles. The van der Waals surface area contributed by atoms with Crippen LogP contribution < -0.4 is 5.32 Å². The summed E-state index contributed by atoms with van der Waals surface area (Å²) >= 11 is 0. The summed E-state index contributed by atoms with van der Waals surface area (Å²) < 4.78 is 11.2. The molecular weight excluding hydrogens is 368 g/mol. The van der Waals surface area contributed by atoms with Crippen molar-refractivity contribution in [1.82, 2.24) is 10.2 Å². The van der Waals surface area contributed by atoms with Crippen LogP contribution in [0, 0.1) is 17.8 Å². The first kappa shape index (κ1) is 18.9. The summed E-state index contributed by atoms with van der Waals surface area (Å²) in [6.45, 7) is 1.31. The van der Waals surface area contributed by atoms with Gasteiger partial charge in [0.05, 0.1) is 13.2 Å². The van der Waals surface area contributed by atoms with E-state index in [1.807, 2.05) is 30.3 Å². The number of rotatable bonds is 4. The first-order chi connectivity index (χ1) is 14.1. The van der Waals surface area contributed by atoms with Crippen LogP contribution in [0.4, 0.5) is 4.79 Å². The van der Waals surface area contributed by atoms with Crippen LogP contribution in [0.3, 0.4) is 0 Å². The van der Waals surface area contributed by atoms with Crippen molar-refractivity contribution >= 4 is 12.0 Å². The maximum absolute atomic E-state index is 13.0. The molecule has 4 bridgehead atoms. The molecule has 29 heavy (non-hydrogen) atoms. The zero-order valence-electron chi connectivity index (χ0n) is 16.8. The molecule has 6 nitrogen and oxygen atoms in total. The first-order valence-corrected chi connectivity index (χ1v) is 11.0. The van der Waals surface area contributed by atoms with Crippen LogP contribution in [-0.2, 0) is 20.9 Å². The molecule has 6 heteroatoms. The molecule has 5 aliphatic rings. The van der Waals surface area contributed by atoms with Gasteiger partial charge < -0.3 is 19.7 Å². The van der Waals surface area contributed by atoms with Crippen LogP contribution in [-0.4, -0.2) is 48.2 Å². The van der Waals surface area contributed by atoms with Crippen molar-refractivity contribution in [2.75, 3.05) is 19.7 Å². The molecule has 0 aromatic heterocycles. The van der Waals surface area contributed by atoms with Crippen LogP contribution in [0.2, 0.25) is 0 Å². The number of morpholine rings is 1. The number of nitrogens with one attached hydrogen (secondary N) is 1. The molecular formula is C23H30N2O4. The molecule has 156 valence electrons. The summed E-state index contributed by atoms with van der Waals surface area (Å²) in [7, 11) is 0. The lowest BCUT2D eigenvalue weighted by molar-refractivity contribution is -0.143. The van der Waals surface area contributed by atoms with Gasteiger partial charge in [-0.3, -0.25) is 4.79 Å². The van der Waals surface area contributed by atoms with E-state index in [0.29, 0.717) is 13.2 Å². The molecule has 0 radical (unpaired) electrons. The number of hydrogen-bond acceptors (Lipinski definition) is 4. The fourth-order valence-corrected chi connectivity index (χ4v) is 6.39. The van der Waals surface area contributed by atoms with Crippen LogP contribution in [0.25, 0.3) is 0 Å². The highest BCUT2D eigenvalue weighted by molar-refractivity contribution is 5.82. The molecule has 1 aliphatic heterocycles. The summed E-state index contributed by atoms with van der Waals surface area (Å²) in [5.41, 5.74) is 0.913. The SMILES string of the molecule is O=C(NC12CC3CC(CC(C3)C1)C2)C1CN(C(=O)OCc2ccccc2)CCO1. The molecule has 5 fully saturated rings. The fraction of sp³-hybridized carbons (Fsp3) is 0.652. The van der Waals surface area contributed by atoms with Crippen molar-refractivity contribution in [2.45, 2.75) is 56.8 Å². The van der Waals surface area contributed by atoms with Gasteiger partial charge in [0, 0.05) is 12.1 Å². The highest BCUT2D eigenvalue weighted by Gasteiger charge is 2.52. The third kappa shape index (κ3) is 4.00. The second-order valence-corrected chi connectivity index (χ2v) is 9.53. The maximum atomic E-state index is 13.0. The van der Waals surface area contributed by atoms with E-state index in [2.05, 4.69) is 5.32 Å². The Morgan fingerprint density at radius 1 is 1.07 bits per heavy atom. The quantitative estimate of drug-likeness (QED) is 0.846. The van der Waals surface area contributed by atoms with E-state index < -0.39 is 6.10 Å². The largest absolute Gasteiger partial charge is 0.445 e. The minimum absolute atomic E-state index is 0.0364. The molecule has 1 aromatic rings. The first-order valence-electron chi connectivity index (χ1n) is 11.0. The molecule has 1 N–H and O–H groups in total. The van der Waals surface area contributed by atoms with Gasteiger partial charge in [0.25, 0.3) is 5.91 Å². The molecule has 4 aliphatic carbocycles. The summed E-state index contributed by atoms with van der Waals surface area (Å²) in [5.74, 6) is 2.27. The van der Waals surface area contributed by atoms with Crippen LogP contribution >= 0.6 is 0 Å². The van der Waals surface area contributed by atoms with Crippen LogP contribution in [0.5, 0.6) is 0 Å². The summed E-state index contributed by atoms with van der Waals surface area (Å²) in [5, 5.41) is 3.37. The highest BCUT2D eigenvalue weighted by Crippen LogP contribution is 2.55. The number of benzene rings is 1. The van der Waals surface area contributed by atoms with Crippen molar-refractivity contribution in [3.05, 3.63) is 35.9 Å². The number of carbonyl (C=O) groups excluding carboxylic acids is 2. The standard InChI is InChI=1S/C23H30N2O4/c26-21(24-23-11-17-8-18(12-23)10-19(9-17)13-23)20-14-25(6-7-28-20)22(27)29-15-16-4-2-1-3-5-16/h1-5,17-20H,6-15H2,(H,24,26). The summed E-state index contributed by atoms with van der Waals surface area (Å²) in [6, 6.07) is 9.62. The van der Waals surface area contributed by atoms with Gasteiger partial charge in [-0.2, -0.15) is 0 Å². The third-order valence-corrected chi connectivity index (χ3v) is 7.25. The Balaban J connectivity index is 1.16. The van der Waals surface area contributed by atoms with Gasteiger partial charge in [0.1, 0.15) is 6.61 Å². The van der Waals surface area contributed by atoms with Crippen LogP contribution in [0.15, 0.2) is 30.3 Å². The lowest BCUT2D eigenvalue weighted by Gasteiger charge is -2.57. The Labute approximate surface area is 171 Å². The molecule has 2 amide bonds. The smallest absolute Gasteiger partial charge is 0.410 e. The van der Waals surface area contributed by atoms with Gasteiger partial charge in [0.15, 0.2) is 6.10 Å². The minimum atomic E-state index is -0.610. The predicted molar refractivity (Wildman–Crippen MR) is 107 cm³/mol. The van der Waals surface area contributed by atoms with Gasteiger partial charge >= 0.3 is 6.09 Å². The number of hydrogen-bond donors (Lipinski definition) is 1. The number of ether oxygens (including phenoxy) is 2. The Kier molecular flexibility index (Phi) is 4.98. The topological polar surface area (TPSA) is 67.9 Å². The van der Waals surface area contributed by atoms with Gasteiger partial charge in [-0.05, 0) is 61.8 Å². The molecule has 0 spiro atoms. The van der Waals surface area contributed by atoms with Crippen molar-refractivity contribution in [3.63, 3.8) is 0 Å². The zero-order valence-corrected chi connectivity index (χ0v) is 16.8. The number of nitrogens with zero attached hydrogens (tertiary/aromatic N) is 1. The van der Waals surface area contributed by atoms with E-state index >= 15 is 0 Å². The number of carbonyl (C=O) groups is 2. The van der Waals surface area contributed by atoms with E-state index in [1.54, 1.807) is 4.90 Å². The molecule has 6 rings (SSSR count). The van der Waals surface area contributed by atoms with Crippen molar-refractivity contribution in [2.24, 2.45) is 17.8 Å². The molecule has 1 atom stereocenters. The summed E-state index contributed by atoms with van der Waals surface area (Å²) in [6.07, 6.45) is 6.37. The van der Waals surface area contributed by atoms with Gasteiger partial charge in [-0.25, -0.2) is 4.79 Å². The van der Waals surface area contributed by atoms with Crippen molar-refractivity contribution < 1.29 is 19.1 Å².